The molecule has 0 spiro atoms. The standard InChI is InChI=1S/C20H27BrO5/c1-13(22)25-11-16-9-15(18(24)7-6-8-20(3,4)5)10-17(19(16)21)12-26-14(2)23/h9-10H,6-8,11-12H2,1-5H3. The molecule has 144 valence electrons. The van der Waals surface area contributed by atoms with Crippen LogP contribution in [0, 0.1) is 5.41 Å². The van der Waals surface area contributed by atoms with Crippen LogP contribution in [0.1, 0.15) is 75.4 Å². The summed E-state index contributed by atoms with van der Waals surface area (Å²) in [5.41, 5.74) is 2.06. The number of benzene rings is 1. The minimum absolute atomic E-state index is 0.0231. The smallest absolute Gasteiger partial charge is 0.302 e. The maximum atomic E-state index is 12.6. The van der Waals surface area contributed by atoms with E-state index in [1.807, 2.05) is 0 Å². The molecule has 0 aliphatic carbocycles. The second-order valence-electron chi connectivity index (χ2n) is 7.51. The molecule has 0 heterocycles. The van der Waals surface area contributed by atoms with Crippen molar-refractivity contribution in [2.75, 3.05) is 0 Å². The number of rotatable bonds is 8. The molecule has 0 aliphatic rings. The Morgan fingerprint density at radius 3 is 1.81 bits per heavy atom. The van der Waals surface area contributed by atoms with Crippen molar-refractivity contribution in [2.24, 2.45) is 5.41 Å². The minimum Gasteiger partial charge on any atom is -0.461 e. The van der Waals surface area contributed by atoms with Gasteiger partial charge in [0.15, 0.2) is 5.78 Å². The van der Waals surface area contributed by atoms with Gasteiger partial charge < -0.3 is 9.47 Å². The molecule has 0 N–H and O–H groups in total. The van der Waals surface area contributed by atoms with Gasteiger partial charge in [0.25, 0.3) is 0 Å². The maximum absolute atomic E-state index is 12.6. The van der Waals surface area contributed by atoms with Crippen molar-refractivity contribution in [1.29, 1.82) is 0 Å². The van der Waals surface area contributed by atoms with Crippen LogP contribution >= 0.6 is 15.9 Å². The van der Waals surface area contributed by atoms with Gasteiger partial charge in [-0.25, -0.2) is 0 Å². The zero-order valence-electron chi connectivity index (χ0n) is 16.1. The highest BCUT2D eigenvalue weighted by molar-refractivity contribution is 9.10. The molecule has 1 aromatic carbocycles. The lowest BCUT2D eigenvalue weighted by atomic mass is 9.88. The third kappa shape index (κ3) is 8.13. The first-order chi connectivity index (χ1) is 12.0. The molecular formula is C20H27BrO5. The average Bonchev–Trinajstić information content (AvgIpc) is 2.51. The Bertz CT molecular complexity index is 634. The van der Waals surface area contributed by atoms with Crippen LogP contribution in [0.25, 0.3) is 0 Å². The maximum Gasteiger partial charge on any atom is 0.302 e. The molecule has 0 atom stereocenters. The lowest BCUT2D eigenvalue weighted by Crippen LogP contribution is -2.09. The van der Waals surface area contributed by atoms with E-state index < -0.39 is 11.9 Å². The highest BCUT2D eigenvalue weighted by atomic mass is 79.9. The fourth-order valence-electron chi connectivity index (χ4n) is 2.40. The normalized spacial score (nSPS) is 11.2. The van der Waals surface area contributed by atoms with E-state index in [4.69, 9.17) is 9.47 Å². The van der Waals surface area contributed by atoms with Crippen LogP contribution in [0.5, 0.6) is 0 Å². The van der Waals surface area contributed by atoms with Crippen LogP contribution in [0.2, 0.25) is 0 Å². The van der Waals surface area contributed by atoms with Crippen LogP contribution < -0.4 is 0 Å². The zero-order valence-corrected chi connectivity index (χ0v) is 17.7. The first kappa shape index (κ1) is 22.4. The number of hydrogen-bond acceptors (Lipinski definition) is 5. The predicted molar refractivity (Wildman–Crippen MR) is 103 cm³/mol. The molecule has 0 bridgehead atoms. The van der Waals surface area contributed by atoms with Gasteiger partial charge in [0.1, 0.15) is 13.2 Å². The Balaban J connectivity index is 3.02. The van der Waals surface area contributed by atoms with Gasteiger partial charge in [-0.2, -0.15) is 0 Å². The average molecular weight is 427 g/mol. The number of halogens is 1. The van der Waals surface area contributed by atoms with Crippen molar-refractivity contribution < 1.29 is 23.9 Å². The number of Topliss-reactive ketones (excluding diaryl/α,β-unsaturated/α-hetero) is 1. The molecular weight excluding hydrogens is 400 g/mol. The lowest BCUT2D eigenvalue weighted by molar-refractivity contribution is -0.142. The SMILES string of the molecule is CC(=O)OCc1cc(C(=O)CCCC(C)(C)C)cc(COC(C)=O)c1Br. The Labute approximate surface area is 163 Å². The molecule has 1 rings (SSSR count). The summed E-state index contributed by atoms with van der Waals surface area (Å²) in [6.45, 7) is 9.19. The van der Waals surface area contributed by atoms with Gasteiger partial charge in [-0.15, -0.1) is 0 Å². The predicted octanol–water partition coefficient (Wildman–Crippen LogP) is 4.97. The van der Waals surface area contributed by atoms with Crippen molar-refractivity contribution in [3.8, 4) is 0 Å². The van der Waals surface area contributed by atoms with Gasteiger partial charge in [-0.3, -0.25) is 14.4 Å². The fraction of sp³-hybridized carbons (Fsp3) is 0.550. The Morgan fingerprint density at radius 1 is 0.962 bits per heavy atom. The highest BCUT2D eigenvalue weighted by Gasteiger charge is 2.16. The fourth-order valence-corrected chi connectivity index (χ4v) is 2.86. The van der Waals surface area contributed by atoms with Gasteiger partial charge in [-0.05, 0) is 46.3 Å². The summed E-state index contributed by atoms with van der Waals surface area (Å²) in [6.07, 6.45) is 2.20. The summed E-state index contributed by atoms with van der Waals surface area (Å²) >= 11 is 3.45. The number of ketones is 1. The highest BCUT2D eigenvalue weighted by Crippen LogP contribution is 2.28. The first-order valence-corrected chi connectivity index (χ1v) is 9.40. The van der Waals surface area contributed by atoms with E-state index in [1.165, 1.54) is 13.8 Å². The van der Waals surface area contributed by atoms with Gasteiger partial charge in [0, 0.05) is 41.4 Å². The van der Waals surface area contributed by atoms with E-state index in [-0.39, 0.29) is 24.4 Å². The lowest BCUT2D eigenvalue weighted by Gasteiger charge is -2.17. The topological polar surface area (TPSA) is 69.7 Å². The molecule has 6 heteroatoms. The quantitative estimate of drug-likeness (QED) is 0.433. The first-order valence-electron chi connectivity index (χ1n) is 8.61. The van der Waals surface area contributed by atoms with E-state index >= 15 is 0 Å². The van der Waals surface area contributed by atoms with Crippen LogP contribution in [-0.4, -0.2) is 17.7 Å². The van der Waals surface area contributed by atoms with E-state index in [0.29, 0.717) is 27.6 Å². The van der Waals surface area contributed by atoms with Crippen molar-refractivity contribution >= 4 is 33.7 Å². The Kier molecular flexibility index (Phi) is 8.47. The summed E-state index contributed by atoms with van der Waals surface area (Å²) in [6, 6.07) is 3.45. The van der Waals surface area contributed by atoms with Crippen molar-refractivity contribution in [3.05, 3.63) is 33.3 Å². The number of esters is 2. The second kappa shape index (κ2) is 9.86. The number of hydrogen-bond donors (Lipinski definition) is 0. The summed E-state index contributed by atoms with van der Waals surface area (Å²) < 4.78 is 10.8. The van der Waals surface area contributed by atoms with Gasteiger partial charge in [0.05, 0.1) is 0 Å². The number of carbonyl (C=O) groups excluding carboxylic acids is 3. The second-order valence-corrected chi connectivity index (χ2v) is 8.30. The van der Waals surface area contributed by atoms with Crippen LogP contribution in [0.4, 0.5) is 0 Å². The number of ether oxygens (including phenoxy) is 2. The van der Waals surface area contributed by atoms with E-state index in [0.717, 1.165) is 12.8 Å². The van der Waals surface area contributed by atoms with E-state index in [9.17, 15) is 14.4 Å². The molecule has 0 saturated carbocycles. The third-order valence-corrected chi connectivity index (χ3v) is 4.76. The van der Waals surface area contributed by atoms with E-state index in [1.54, 1.807) is 12.1 Å². The van der Waals surface area contributed by atoms with Crippen molar-refractivity contribution in [1.82, 2.24) is 0 Å². The minimum atomic E-state index is -0.402. The molecule has 0 amide bonds. The van der Waals surface area contributed by atoms with Gasteiger partial charge in [0.2, 0.25) is 0 Å². The Morgan fingerprint density at radius 2 is 1.42 bits per heavy atom. The summed E-state index contributed by atoms with van der Waals surface area (Å²) in [5.74, 6) is -0.782. The molecule has 0 aromatic heterocycles. The molecule has 26 heavy (non-hydrogen) atoms. The largest absolute Gasteiger partial charge is 0.461 e. The van der Waals surface area contributed by atoms with Crippen molar-refractivity contribution in [2.45, 2.75) is 67.1 Å². The van der Waals surface area contributed by atoms with Crippen LogP contribution in [-0.2, 0) is 32.3 Å². The van der Waals surface area contributed by atoms with Crippen LogP contribution in [0.15, 0.2) is 16.6 Å². The summed E-state index contributed by atoms with van der Waals surface area (Å²) in [4.78, 5) is 34.8. The summed E-state index contributed by atoms with van der Waals surface area (Å²) in [5, 5.41) is 0. The summed E-state index contributed by atoms with van der Waals surface area (Å²) in [7, 11) is 0. The van der Waals surface area contributed by atoms with Gasteiger partial charge >= 0.3 is 11.9 Å². The monoisotopic (exact) mass is 426 g/mol. The molecule has 0 fully saturated rings. The molecule has 0 radical (unpaired) electrons. The molecule has 5 nitrogen and oxygen atoms in total. The van der Waals surface area contributed by atoms with E-state index in [2.05, 4.69) is 36.7 Å². The van der Waals surface area contributed by atoms with Crippen LogP contribution in [0.3, 0.4) is 0 Å². The van der Waals surface area contributed by atoms with Crippen molar-refractivity contribution in [3.63, 3.8) is 0 Å². The molecule has 0 saturated heterocycles. The zero-order chi connectivity index (χ0) is 19.9. The Hall–Kier alpha value is -1.69. The molecule has 0 unspecified atom stereocenters. The number of carbonyl (C=O) groups is 3. The molecule has 0 aliphatic heterocycles. The van der Waals surface area contributed by atoms with Gasteiger partial charge in [-0.1, -0.05) is 20.8 Å². The molecule has 1 aromatic rings. The third-order valence-electron chi connectivity index (χ3n) is 3.74.